The van der Waals surface area contributed by atoms with Crippen LogP contribution in [0.4, 0.5) is 4.39 Å². The molecule has 0 spiro atoms. The van der Waals surface area contributed by atoms with Crippen molar-refractivity contribution in [3.05, 3.63) is 48.3 Å². The number of hydrogen-bond donors (Lipinski definition) is 2. The van der Waals surface area contributed by atoms with Crippen molar-refractivity contribution >= 4 is 28.3 Å². The van der Waals surface area contributed by atoms with E-state index < -0.39 is 26.8 Å². The first kappa shape index (κ1) is 22.3. The number of halogens is 2. The summed E-state index contributed by atoms with van der Waals surface area (Å²) in [6.07, 6.45) is 3.44. The molecule has 2 N–H and O–H groups in total. The van der Waals surface area contributed by atoms with Gasteiger partial charge in [0.1, 0.15) is 22.6 Å². The molecule has 0 radical (unpaired) electrons. The summed E-state index contributed by atoms with van der Waals surface area (Å²) in [4.78, 5) is 18.4. The highest BCUT2D eigenvalue weighted by molar-refractivity contribution is 7.89. The molecule has 154 valence electrons. The number of benzene rings is 1. The zero-order chi connectivity index (χ0) is 19.6. The summed E-state index contributed by atoms with van der Waals surface area (Å²) in [7, 11) is -2.33. The minimum absolute atomic E-state index is 0. The maximum atomic E-state index is 13.8. The first-order valence-corrected chi connectivity index (χ1v) is 10.0. The molecular weight excluding hydrogens is 409 g/mol. The molecule has 2 unspecified atom stereocenters. The third-order valence-corrected chi connectivity index (χ3v) is 6.09. The Balaban J connectivity index is 0.00000280. The van der Waals surface area contributed by atoms with Crippen molar-refractivity contribution in [3.8, 4) is 0 Å². The molecule has 8 nitrogen and oxygen atoms in total. The minimum Gasteiger partial charge on any atom is -0.336 e. The van der Waals surface area contributed by atoms with Gasteiger partial charge < -0.3 is 14.8 Å². The van der Waals surface area contributed by atoms with Gasteiger partial charge in [-0.2, -0.15) is 4.72 Å². The molecule has 2 heterocycles. The predicted molar refractivity (Wildman–Crippen MR) is 104 cm³/mol. The molecule has 0 aliphatic carbocycles. The van der Waals surface area contributed by atoms with Gasteiger partial charge in [-0.15, -0.1) is 12.4 Å². The summed E-state index contributed by atoms with van der Waals surface area (Å²) in [5.74, 6) is -0.540. The SMILES string of the molecule is CC(NS(=O)(=O)c1ccccc1F)C(=O)N1CCNCC1c1nccn1C.Cl. The van der Waals surface area contributed by atoms with E-state index in [4.69, 9.17) is 0 Å². The molecular formula is C17H23ClFN5O3S. The number of nitrogens with zero attached hydrogens (tertiary/aromatic N) is 3. The highest BCUT2D eigenvalue weighted by Gasteiger charge is 2.34. The van der Waals surface area contributed by atoms with Crippen LogP contribution in [0.1, 0.15) is 18.8 Å². The molecule has 2 aromatic rings. The van der Waals surface area contributed by atoms with Gasteiger partial charge in [-0.1, -0.05) is 12.1 Å². The number of imidazole rings is 1. The van der Waals surface area contributed by atoms with Crippen molar-refractivity contribution in [2.24, 2.45) is 7.05 Å². The molecule has 1 aliphatic rings. The second kappa shape index (κ2) is 8.99. The maximum Gasteiger partial charge on any atom is 0.244 e. The van der Waals surface area contributed by atoms with Crippen LogP contribution in [-0.2, 0) is 21.9 Å². The summed E-state index contributed by atoms with van der Waals surface area (Å²) >= 11 is 0. The number of rotatable bonds is 5. The number of hydrogen-bond acceptors (Lipinski definition) is 5. The van der Waals surface area contributed by atoms with Crippen LogP contribution in [0.25, 0.3) is 0 Å². The summed E-state index contributed by atoms with van der Waals surface area (Å²) < 4.78 is 42.9. The Kier molecular flexibility index (Phi) is 7.16. The average molecular weight is 432 g/mol. The number of sulfonamides is 1. The molecule has 11 heteroatoms. The van der Waals surface area contributed by atoms with Crippen molar-refractivity contribution in [3.63, 3.8) is 0 Å². The molecule has 0 saturated carbocycles. The Bertz CT molecular complexity index is 936. The normalized spacial score (nSPS) is 18.4. The summed E-state index contributed by atoms with van der Waals surface area (Å²) in [6.45, 7) is 2.99. The van der Waals surface area contributed by atoms with Crippen LogP contribution >= 0.6 is 12.4 Å². The summed E-state index contributed by atoms with van der Waals surface area (Å²) in [5, 5.41) is 3.22. The van der Waals surface area contributed by atoms with E-state index in [2.05, 4.69) is 15.0 Å². The van der Waals surface area contributed by atoms with Gasteiger partial charge in [-0.3, -0.25) is 4.79 Å². The van der Waals surface area contributed by atoms with Crippen LogP contribution in [-0.4, -0.2) is 54.5 Å². The van der Waals surface area contributed by atoms with Gasteiger partial charge >= 0.3 is 0 Å². The van der Waals surface area contributed by atoms with E-state index in [1.54, 1.807) is 17.3 Å². The van der Waals surface area contributed by atoms with Gasteiger partial charge in [0.15, 0.2) is 0 Å². The molecule has 1 aliphatic heterocycles. The Labute approximate surface area is 169 Å². The molecule has 1 amide bonds. The number of carbonyl (C=O) groups excluding carboxylic acids is 1. The highest BCUT2D eigenvalue weighted by atomic mass is 35.5. The molecule has 0 bridgehead atoms. The van der Waals surface area contributed by atoms with Crippen LogP contribution in [0.15, 0.2) is 41.6 Å². The number of aromatic nitrogens is 2. The third-order valence-electron chi connectivity index (χ3n) is 4.51. The minimum atomic E-state index is -4.16. The zero-order valence-corrected chi connectivity index (χ0v) is 17.1. The lowest BCUT2D eigenvalue weighted by Gasteiger charge is -2.37. The van der Waals surface area contributed by atoms with Gasteiger partial charge in [0.25, 0.3) is 0 Å². The predicted octanol–water partition coefficient (Wildman–Crippen LogP) is 0.821. The van der Waals surface area contributed by atoms with E-state index in [1.807, 2.05) is 11.6 Å². The van der Waals surface area contributed by atoms with Crippen LogP contribution in [0.3, 0.4) is 0 Å². The molecule has 1 saturated heterocycles. The monoisotopic (exact) mass is 431 g/mol. The van der Waals surface area contributed by atoms with Crippen LogP contribution in [0.5, 0.6) is 0 Å². The number of nitrogens with one attached hydrogen (secondary N) is 2. The smallest absolute Gasteiger partial charge is 0.244 e. The molecule has 1 aromatic carbocycles. The lowest BCUT2D eigenvalue weighted by molar-refractivity contribution is -0.136. The fourth-order valence-corrected chi connectivity index (χ4v) is 4.43. The van der Waals surface area contributed by atoms with Crippen molar-refractivity contribution in [2.75, 3.05) is 19.6 Å². The fraction of sp³-hybridized carbons (Fsp3) is 0.412. The van der Waals surface area contributed by atoms with Crippen LogP contribution in [0.2, 0.25) is 0 Å². The quantitative estimate of drug-likeness (QED) is 0.730. The van der Waals surface area contributed by atoms with Crippen LogP contribution in [0, 0.1) is 5.82 Å². The van der Waals surface area contributed by atoms with Crippen molar-refractivity contribution in [1.29, 1.82) is 0 Å². The largest absolute Gasteiger partial charge is 0.336 e. The number of amides is 1. The molecule has 3 rings (SSSR count). The first-order valence-electron chi connectivity index (χ1n) is 8.56. The second-order valence-corrected chi connectivity index (χ2v) is 8.10. The maximum absolute atomic E-state index is 13.8. The summed E-state index contributed by atoms with van der Waals surface area (Å²) in [5.41, 5.74) is 0. The average Bonchev–Trinajstić information content (AvgIpc) is 3.06. The number of piperazine rings is 1. The van der Waals surface area contributed by atoms with Gasteiger partial charge in [0, 0.05) is 39.1 Å². The lowest BCUT2D eigenvalue weighted by atomic mass is 10.1. The van der Waals surface area contributed by atoms with Crippen molar-refractivity contribution in [1.82, 2.24) is 24.5 Å². The zero-order valence-electron chi connectivity index (χ0n) is 15.5. The van der Waals surface area contributed by atoms with E-state index in [0.717, 1.165) is 12.1 Å². The molecule has 1 fully saturated rings. The fourth-order valence-electron chi connectivity index (χ4n) is 3.16. The Hall–Kier alpha value is -2.01. The molecule has 28 heavy (non-hydrogen) atoms. The topological polar surface area (TPSA) is 96.3 Å². The van der Waals surface area contributed by atoms with E-state index in [0.29, 0.717) is 25.5 Å². The highest BCUT2D eigenvalue weighted by Crippen LogP contribution is 2.22. The van der Waals surface area contributed by atoms with E-state index in [-0.39, 0.29) is 24.4 Å². The van der Waals surface area contributed by atoms with Crippen LogP contribution < -0.4 is 10.0 Å². The number of aryl methyl sites for hydroxylation is 1. The Morgan fingerprint density at radius 1 is 1.39 bits per heavy atom. The number of carbonyl (C=O) groups is 1. The van der Waals surface area contributed by atoms with Crippen molar-refractivity contribution < 1.29 is 17.6 Å². The van der Waals surface area contributed by atoms with Crippen molar-refractivity contribution in [2.45, 2.75) is 23.9 Å². The molecule has 2 atom stereocenters. The second-order valence-electron chi connectivity index (χ2n) is 6.42. The third kappa shape index (κ3) is 4.52. The van der Waals surface area contributed by atoms with E-state index >= 15 is 0 Å². The van der Waals surface area contributed by atoms with E-state index in [9.17, 15) is 17.6 Å². The van der Waals surface area contributed by atoms with Gasteiger partial charge in [0.2, 0.25) is 15.9 Å². The molecule has 1 aromatic heterocycles. The van der Waals surface area contributed by atoms with E-state index in [1.165, 1.54) is 19.1 Å². The van der Waals surface area contributed by atoms with Gasteiger partial charge in [-0.25, -0.2) is 17.8 Å². The first-order chi connectivity index (χ1) is 12.8. The van der Waals surface area contributed by atoms with Gasteiger partial charge in [-0.05, 0) is 19.1 Å². The summed E-state index contributed by atoms with van der Waals surface area (Å²) in [6, 6.07) is 3.70. The Morgan fingerprint density at radius 3 is 2.75 bits per heavy atom. The standard InChI is InChI=1S/C17H22FN5O3S.ClH/c1-12(21-27(25,26)15-6-4-3-5-13(15)18)17(24)23-10-7-19-11-14(23)16-20-8-9-22(16)2;/h3-6,8-9,12,14,19,21H,7,10-11H2,1-2H3;1H. The lowest BCUT2D eigenvalue weighted by Crippen LogP contribution is -2.54. The van der Waals surface area contributed by atoms with Gasteiger partial charge in [0.05, 0.1) is 6.04 Å². The Morgan fingerprint density at radius 2 is 2.11 bits per heavy atom.